The van der Waals surface area contributed by atoms with Gasteiger partial charge in [0, 0.05) is 6.07 Å². The zero-order chi connectivity index (χ0) is 14.2. The summed E-state index contributed by atoms with van der Waals surface area (Å²) < 4.78 is 2.99. The SMILES string of the molecule is CC(C)(C)c1ccc(O)c(-[s+]2cc(Cl)[nH]n(N)[nH]2)c1. The summed E-state index contributed by atoms with van der Waals surface area (Å²) in [5.41, 5.74) is 1.15. The minimum atomic E-state index is -0.580. The van der Waals surface area contributed by atoms with Gasteiger partial charge in [-0.3, -0.25) is 0 Å². The van der Waals surface area contributed by atoms with Gasteiger partial charge < -0.3 is 10.9 Å². The van der Waals surface area contributed by atoms with Crippen molar-refractivity contribution < 1.29 is 5.11 Å². The van der Waals surface area contributed by atoms with E-state index in [9.17, 15) is 5.11 Å². The van der Waals surface area contributed by atoms with Crippen molar-refractivity contribution in [2.45, 2.75) is 26.2 Å². The number of halogens is 1. The molecule has 0 amide bonds. The topological polar surface area (TPSA) is 82.8 Å². The van der Waals surface area contributed by atoms with Crippen LogP contribution in [-0.2, 0) is 5.41 Å². The van der Waals surface area contributed by atoms with Crippen molar-refractivity contribution in [3.63, 3.8) is 0 Å². The van der Waals surface area contributed by atoms with E-state index in [1.165, 1.54) is 4.91 Å². The predicted molar refractivity (Wildman–Crippen MR) is 80.1 cm³/mol. The van der Waals surface area contributed by atoms with Crippen LogP contribution < -0.4 is 5.84 Å². The van der Waals surface area contributed by atoms with Gasteiger partial charge in [0.15, 0.2) is 10.9 Å². The Balaban J connectivity index is 2.61. The zero-order valence-corrected chi connectivity index (χ0v) is 12.6. The van der Waals surface area contributed by atoms with Crippen LogP contribution in [0.15, 0.2) is 23.6 Å². The molecule has 104 valence electrons. The second-order valence-corrected chi connectivity index (χ2v) is 7.25. The first-order valence-corrected chi connectivity index (χ1v) is 7.45. The van der Waals surface area contributed by atoms with Crippen molar-refractivity contribution in [2.75, 3.05) is 5.84 Å². The number of benzene rings is 1. The van der Waals surface area contributed by atoms with Crippen LogP contribution in [0.2, 0.25) is 5.15 Å². The maximum atomic E-state index is 10.0. The third kappa shape index (κ3) is 3.08. The molecule has 1 atom stereocenters. The fourth-order valence-electron chi connectivity index (χ4n) is 1.67. The lowest BCUT2D eigenvalue weighted by Crippen LogP contribution is -2.16. The van der Waals surface area contributed by atoms with E-state index in [0.717, 1.165) is 10.5 Å². The molecule has 1 heterocycles. The summed E-state index contributed by atoms with van der Waals surface area (Å²) in [4.78, 5) is 1.96. The Labute approximate surface area is 119 Å². The molecule has 0 saturated heterocycles. The molecule has 0 saturated carbocycles. The number of phenols is 1. The molecule has 0 aliphatic carbocycles. The number of H-pyrrole nitrogens is 2. The van der Waals surface area contributed by atoms with Gasteiger partial charge in [-0.1, -0.05) is 47.8 Å². The van der Waals surface area contributed by atoms with Crippen LogP contribution >= 0.6 is 22.3 Å². The van der Waals surface area contributed by atoms with Crippen LogP contribution in [0.1, 0.15) is 26.3 Å². The first-order valence-electron chi connectivity index (χ1n) is 5.79. The molecule has 1 unspecified atom stereocenters. The Bertz CT molecular complexity index is 607. The average Bonchev–Trinajstić information content (AvgIpc) is 2.26. The highest BCUT2D eigenvalue weighted by Crippen LogP contribution is 2.38. The Morgan fingerprint density at radius 1 is 1.37 bits per heavy atom. The number of aromatic nitrogens is 3. The summed E-state index contributed by atoms with van der Waals surface area (Å²) in [7, 11) is -0.580. The number of nitrogen functional groups attached to an aromatic ring is 1. The predicted octanol–water partition coefficient (Wildman–Crippen LogP) is 3.38. The molecular formula is C12H18ClN4OS+. The third-order valence-electron chi connectivity index (χ3n) is 2.71. The highest BCUT2D eigenvalue weighted by molar-refractivity contribution is 7.33. The lowest BCUT2D eigenvalue weighted by atomic mass is 9.87. The Morgan fingerprint density at radius 3 is 2.63 bits per heavy atom. The molecule has 0 bridgehead atoms. The number of nitrogens with zero attached hydrogens (tertiary/aromatic N) is 1. The van der Waals surface area contributed by atoms with Crippen molar-refractivity contribution >= 4 is 22.3 Å². The van der Waals surface area contributed by atoms with Gasteiger partial charge >= 0.3 is 0 Å². The highest BCUT2D eigenvalue weighted by atomic mass is 35.5. The smallest absolute Gasteiger partial charge is 0.244 e. The molecule has 1 aromatic heterocycles. The van der Waals surface area contributed by atoms with E-state index in [-0.39, 0.29) is 11.2 Å². The fourth-order valence-corrected chi connectivity index (χ4v) is 3.37. The summed E-state index contributed by atoms with van der Waals surface area (Å²) in [5.74, 6) is 5.86. The molecule has 2 aromatic rings. The molecule has 2 rings (SSSR count). The standard InChI is InChI=1S/C12H17ClN4OS/c1-12(2,3)8-4-5-9(18)10(6-8)19-7-11(13)15-17(14)16-19/h4-7,15-16H,14H2,1-3H3/p+1. The van der Waals surface area contributed by atoms with E-state index >= 15 is 0 Å². The summed E-state index contributed by atoms with van der Waals surface area (Å²) in [6, 6.07) is 5.61. The number of hydrogen-bond donors (Lipinski definition) is 4. The molecule has 1 aromatic carbocycles. The normalized spacial score (nSPS) is 12.5. The second kappa shape index (κ2) is 4.86. The lowest BCUT2D eigenvalue weighted by molar-refractivity contribution is 0.477. The monoisotopic (exact) mass is 301 g/mol. The molecule has 0 fully saturated rings. The van der Waals surface area contributed by atoms with Crippen molar-refractivity contribution in [2.24, 2.45) is 0 Å². The van der Waals surface area contributed by atoms with Gasteiger partial charge in [-0.15, -0.1) is 0 Å². The summed E-state index contributed by atoms with van der Waals surface area (Å²) in [6.45, 7) is 6.38. The minimum Gasteiger partial charge on any atom is -0.503 e. The van der Waals surface area contributed by atoms with E-state index < -0.39 is 10.7 Å². The average molecular weight is 302 g/mol. The minimum absolute atomic E-state index is 0.00968. The Morgan fingerprint density at radius 2 is 2.05 bits per heavy atom. The van der Waals surface area contributed by atoms with Crippen molar-refractivity contribution in [3.8, 4) is 10.6 Å². The van der Waals surface area contributed by atoms with E-state index in [0.29, 0.717) is 5.15 Å². The zero-order valence-electron chi connectivity index (χ0n) is 11.1. The van der Waals surface area contributed by atoms with Gasteiger partial charge in [0.05, 0.1) is 0 Å². The maximum absolute atomic E-state index is 10.0. The van der Waals surface area contributed by atoms with Gasteiger partial charge in [-0.25, -0.2) is 5.10 Å². The highest BCUT2D eigenvalue weighted by Gasteiger charge is 2.21. The van der Waals surface area contributed by atoms with E-state index in [1.807, 2.05) is 12.1 Å². The van der Waals surface area contributed by atoms with Crippen LogP contribution in [0.25, 0.3) is 4.90 Å². The number of nitrogens with two attached hydrogens (primary N) is 1. The summed E-state index contributed by atoms with van der Waals surface area (Å²) >= 11 is 5.95. The first kappa shape index (κ1) is 13.9. The van der Waals surface area contributed by atoms with Crippen molar-refractivity contribution in [1.82, 2.24) is 14.5 Å². The van der Waals surface area contributed by atoms with Crippen LogP contribution in [0.3, 0.4) is 0 Å². The lowest BCUT2D eigenvalue weighted by Gasteiger charge is -2.18. The van der Waals surface area contributed by atoms with Gasteiger partial charge in [0.2, 0.25) is 10.3 Å². The third-order valence-corrected chi connectivity index (χ3v) is 4.70. The molecule has 0 radical (unpaired) electrons. The molecule has 5 nitrogen and oxygen atoms in total. The molecule has 0 spiro atoms. The number of hydrogen-bond acceptors (Lipinski definition) is 2. The number of nitrogens with one attached hydrogen (secondary N) is 2. The largest absolute Gasteiger partial charge is 0.503 e. The first-order chi connectivity index (χ1) is 8.77. The van der Waals surface area contributed by atoms with E-state index in [2.05, 4.69) is 30.4 Å². The van der Waals surface area contributed by atoms with Crippen LogP contribution in [0.5, 0.6) is 5.75 Å². The number of aromatic hydroxyl groups is 1. The number of rotatable bonds is 1. The van der Waals surface area contributed by atoms with E-state index in [4.69, 9.17) is 17.4 Å². The van der Waals surface area contributed by atoms with Crippen molar-refractivity contribution in [3.05, 3.63) is 34.3 Å². The van der Waals surface area contributed by atoms with Crippen LogP contribution in [0.4, 0.5) is 0 Å². The second-order valence-electron chi connectivity index (χ2n) is 5.31. The van der Waals surface area contributed by atoms with Crippen molar-refractivity contribution in [1.29, 1.82) is 0 Å². The summed E-state index contributed by atoms with van der Waals surface area (Å²) in [5, 5.41) is 14.9. The van der Waals surface area contributed by atoms with Gasteiger partial charge in [-0.2, -0.15) is 0 Å². The maximum Gasteiger partial charge on any atom is 0.244 e. The molecule has 0 aliphatic rings. The van der Waals surface area contributed by atoms with Crippen LogP contribution in [-0.4, -0.2) is 19.6 Å². The van der Waals surface area contributed by atoms with Gasteiger partial charge in [0.1, 0.15) is 10.7 Å². The quantitative estimate of drug-likeness (QED) is 0.481. The fraction of sp³-hybridized carbons (Fsp3) is 0.333. The summed E-state index contributed by atoms with van der Waals surface area (Å²) in [6.07, 6.45) is 0. The van der Waals surface area contributed by atoms with Crippen LogP contribution in [0, 0.1) is 0 Å². The molecule has 19 heavy (non-hydrogen) atoms. The molecule has 7 heteroatoms. The molecule has 5 N–H and O–H groups in total. The van der Waals surface area contributed by atoms with Gasteiger partial charge in [-0.05, 0) is 17.0 Å². The molecular weight excluding hydrogens is 284 g/mol. The van der Waals surface area contributed by atoms with E-state index in [1.54, 1.807) is 11.4 Å². The number of aromatic amines is 2. The molecule has 0 aliphatic heterocycles. The Hall–Kier alpha value is -1.53. The Kier molecular flexibility index (Phi) is 3.56. The van der Waals surface area contributed by atoms with Gasteiger partial charge in [0.25, 0.3) is 0 Å². The number of phenolic OH excluding ortho intramolecular Hbond substituents is 1.